The Morgan fingerprint density at radius 1 is 0.958 bits per heavy atom. The van der Waals surface area contributed by atoms with Gasteiger partial charge in [0, 0.05) is 9.75 Å². The van der Waals surface area contributed by atoms with E-state index in [0.29, 0.717) is 6.71 Å². The molecule has 4 heteroatoms. The van der Waals surface area contributed by atoms with E-state index >= 15 is 0 Å². The van der Waals surface area contributed by atoms with Crippen molar-refractivity contribution in [1.82, 2.24) is 0 Å². The van der Waals surface area contributed by atoms with Gasteiger partial charge in [-0.2, -0.15) is 0 Å². The molecule has 2 heterocycles. The van der Waals surface area contributed by atoms with Gasteiger partial charge >= 0.3 is 0 Å². The Labute approximate surface area is 164 Å². The molecule has 0 bridgehead atoms. The van der Waals surface area contributed by atoms with E-state index in [1.807, 2.05) is 22.7 Å². The summed E-state index contributed by atoms with van der Waals surface area (Å²) < 4.78 is 1.22. The molecule has 0 unspecified atom stereocenters. The van der Waals surface area contributed by atoms with Gasteiger partial charge in [0.2, 0.25) is 6.71 Å². The first-order valence-corrected chi connectivity index (χ1v) is 11.0. The summed E-state index contributed by atoms with van der Waals surface area (Å²) in [5.41, 5.74) is 3.38. The van der Waals surface area contributed by atoms with Crippen molar-refractivity contribution >= 4 is 56.2 Å². The van der Waals surface area contributed by atoms with Crippen molar-refractivity contribution in [2.24, 2.45) is 0 Å². The molecule has 0 atom stereocenters. The molecule has 0 saturated carbocycles. The molecular weight excluding hydrogens is 395 g/mol. The summed E-state index contributed by atoms with van der Waals surface area (Å²) in [7, 11) is 0. The first-order chi connectivity index (χ1) is 11.0. The second-order valence-corrected chi connectivity index (χ2v) is 11.6. The fourth-order valence-corrected chi connectivity index (χ4v) is 5.40. The first kappa shape index (κ1) is 20.0. The molecule has 2 aromatic heterocycles. The predicted octanol–water partition coefficient (Wildman–Crippen LogP) is 6.31. The van der Waals surface area contributed by atoms with Crippen LogP contribution in [0.15, 0.2) is 33.5 Å². The first-order valence-electron chi connectivity index (χ1n) is 8.50. The molecule has 0 aliphatic carbocycles. The molecule has 0 spiro atoms. The summed E-state index contributed by atoms with van der Waals surface area (Å²) in [6.07, 6.45) is 3.36. The zero-order valence-electron chi connectivity index (χ0n) is 15.9. The summed E-state index contributed by atoms with van der Waals surface area (Å²) in [5, 5.41) is 4.52. The standard InChI is InChI=1S/C20H28BBrS2/c1-14(22)8-11-21(15-9-12-23-17(15)19(2,3)4)16-10-13-24-18(16)20(5,6)7/h8-10,12-13H,11H2,1-7H3. The monoisotopic (exact) mass is 422 g/mol. The lowest BCUT2D eigenvalue weighted by atomic mass is 9.37. The molecule has 0 aliphatic rings. The van der Waals surface area contributed by atoms with Gasteiger partial charge in [0.1, 0.15) is 0 Å². The van der Waals surface area contributed by atoms with Gasteiger partial charge in [-0.15, -0.1) is 22.7 Å². The molecule has 0 amide bonds. The zero-order chi connectivity index (χ0) is 18.1. The molecule has 24 heavy (non-hydrogen) atoms. The molecule has 0 N–H and O–H groups in total. The van der Waals surface area contributed by atoms with Crippen LogP contribution in [-0.2, 0) is 10.8 Å². The molecule has 0 saturated heterocycles. The average Bonchev–Trinajstić information content (AvgIpc) is 3.05. The van der Waals surface area contributed by atoms with E-state index < -0.39 is 0 Å². The van der Waals surface area contributed by atoms with E-state index in [9.17, 15) is 0 Å². The average molecular weight is 423 g/mol. The number of halogens is 1. The number of thiophene rings is 2. The molecule has 0 radical (unpaired) electrons. The van der Waals surface area contributed by atoms with Gasteiger partial charge in [-0.25, -0.2) is 0 Å². The molecule has 0 nitrogen and oxygen atoms in total. The number of rotatable bonds is 4. The third kappa shape index (κ3) is 4.65. The predicted molar refractivity (Wildman–Crippen MR) is 119 cm³/mol. The molecule has 130 valence electrons. The highest BCUT2D eigenvalue weighted by Crippen LogP contribution is 2.29. The van der Waals surface area contributed by atoms with Crippen LogP contribution in [0.5, 0.6) is 0 Å². The topological polar surface area (TPSA) is 0 Å². The van der Waals surface area contributed by atoms with Gasteiger partial charge in [0.15, 0.2) is 0 Å². The van der Waals surface area contributed by atoms with E-state index in [-0.39, 0.29) is 10.8 Å². The Hall–Kier alpha value is -0.315. The van der Waals surface area contributed by atoms with E-state index in [1.165, 1.54) is 25.2 Å². The summed E-state index contributed by atoms with van der Waals surface area (Å²) in [4.78, 5) is 3.03. The number of hydrogen-bond acceptors (Lipinski definition) is 2. The van der Waals surface area contributed by atoms with Gasteiger partial charge in [-0.3, -0.25) is 0 Å². The molecule has 2 rings (SSSR count). The molecule has 0 aliphatic heterocycles. The van der Waals surface area contributed by atoms with Gasteiger partial charge in [0.05, 0.1) is 0 Å². The van der Waals surface area contributed by atoms with E-state index in [1.54, 1.807) is 0 Å². The van der Waals surface area contributed by atoms with Crippen LogP contribution in [0.25, 0.3) is 0 Å². The van der Waals surface area contributed by atoms with Crippen LogP contribution < -0.4 is 10.9 Å². The van der Waals surface area contributed by atoms with Crippen molar-refractivity contribution in [3.63, 3.8) is 0 Å². The molecule has 0 fully saturated rings. The lowest BCUT2D eigenvalue weighted by Gasteiger charge is -2.25. The zero-order valence-corrected chi connectivity index (χ0v) is 19.1. The van der Waals surface area contributed by atoms with Crippen LogP contribution in [0, 0.1) is 0 Å². The van der Waals surface area contributed by atoms with Crippen molar-refractivity contribution in [2.75, 3.05) is 0 Å². The molecule has 0 aromatic carbocycles. The van der Waals surface area contributed by atoms with Crippen molar-refractivity contribution < 1.29 is 0 Å². The van der Waals surface area contributed by atoms with Gasteiger partial charge in [-0.1, -0.05) is 86.6 Å². The summed E-state index contributed by atoms with van der Waals surface area (Å²) in [6.45, 7) is 16.5. The smallest absolute Gasteiger partial charge is 0.149 e. The van der Waals surface area contributed by atoms with Crippen LogP contribution in [0.2, 0.25) is 6.32 Å². The molecule has 2 aromatic rings. The van der Waals surface area contributed by atoms with Gasteiger partial charge < -0.3 is 0 Å². The second kappa shape index (κ2) is 7.51. The third-order valence-corrected chi connectivity index (χ3v) is 7.18. The minimum Gasteiger partial charge on any atom is -0.149 e. The van der Waals surface area contributed by atoms with Crippen LogP contribution in [-0.4, -0.2) is 6.71 Å². The highest BCUT2D eigenvalue weighted by molar-refractivity contribution is 9.11. The van der Waals surface area contributed by atoms with E-state index in [4.69, 9.17) is 0 Å². The summed E-state index contributed by atoms with van der Waals surface area (Å²) in [5.74, 6) is 0. The van der Waals surface area contributed by atoms with Gasteiger partial charge in [-0.05, 0) is 39.3 Å². The molecular formula is C20H28BBrS2. The largest absolute Gasteiger partial charge is 0.216 e. The van der Waals surface area contributed by atoms with Crippen molar-refractivity contribution in [3.8, 4) is 0 Å². The maximum Gasteiger partial charge on any atom is 0.216 e. The summed E-state index contributed by atoms with van der Waals surface area (Å²) >= 11 is 7.41. The van der Waals surface area contributed by atoms with E-state index in [0.717, 1.165) is 6.32 Å². The van der Waals surface area contributed by atoms with Crippen LogP contribution >= 0.6 is 38.6 Å². The SMILES string of the molecule is CC(Br)=CCB(c1ccsc1C(C)(C)C)c1ccsc1C(C)(C)C. The van der Waals surface area contributed by atoms with Crippen LogP contribution in [0.4, 0.5) is 0 Å². The Morgan fingerprint density at radius 2 is 1.38 bits per heavy atom. The Balaban J connectivity index is 2.58. The van der Waals surface area contributed by atoms with Crippen molar-refractivity contribution in [1.29, 1.82) is 0 Å². The third-order valence-electron chi connectivity index (χ3n) is 4.14. The lowest BCUT2D eigenvalue weighted by Crippen LogP contribution is -2.46. The quantitative estimate of drug-likeness (QED) is 0.506. The van der Waals surface area contributed by atoms with Gasteiger partial charge in [0.25, 0.3) is 0 Å². The normalized spacial score (nSPS) is 13.4. The van der Waals surface area contributed by atoms with Crippen LogP contribution in [0.3, 0.4) is 0 Å². The number of allylic oxidation sites excluding steroid dienone is 2. The van der Waals surface area contributed by atoms with E-state index in [2.05, 4.69) is 93.4 Å². The minimum atomic E-state index is 0.187. The highest BCUT2D eigenvalue weighted by atomic mass is 79.9. The fraction of sp³-hybridized carbons (Fsp3) is 0.500. The summed E-state index contributed by atoms with van der Waals surface area (Å²) in [6, 6.07) is 4.69. The maximum atomic E-state index is 3.61. The maximum absolute atomic E-state index is 3.61. The van der Waals surface area contributed by atoms with Crippen LogP contribution in [0.1, 0.15) is 58.2 Å². The highest BCUT2D eigenvalue weighted by Gasteiger charge is 2.31. The Kier molecular flexibility index (Phi) is 6.26. The lowest BCUT2D eigenvalue weighted by molar-refractivity contribution is 0.606. The van der Waals surface area contributed by atoms with Crippen molar-refractivity contribution in [2.45, 2.75) is 65.6 Å². The minimum absolute atomic E-state index is 0.187. The Bertz CT molecular complexity index is 654. The number of hydrogen-bond donors (Lipinski definition) is 0. The second-order valence-electron chi connectivity index (χ2n) is 8.49. The van der Waals surface area contributed by atoms with Crippen molar-refractivity contribution in [3.05, 3.63) is 43.2 Å². The fourth-order valence-electron chi connectivity index (χ4n) is 3.11. The Morgan fingerprint density at radius 3 is 1.71 bits per heavy atom.